The Bertz CT molecular complexity index is 925. The van der Waals surface area contributed by atoms with Gasteiger partial charge in [-0.3, -0.25) is 0 Å². The van der Waals surface area contributed by atoms with E-state index in [0.29, 0.717) is 11.1 Å². The van der Waals surface area contributed by atoms with E-state index >= 15 is 0 Å². The van der Waals surface area contributed by atoms with Crippen molar-refractivity contribution in [1.82, 2.24) is 0 Å². The fourth-order valence-corrected chi connectivity index (χ4v) is 4.74. The van der Waals surface area contributed by atoms with E-state index in [1.807, 2.05) is 12.1 Å². The highest BCUT2D eigenvalue weighted by Gasteiger charge is 2.27. The molecule has 0 aliphatic heterocycles. The molecule has 104 valence electrons. The molecule has 1 heterocycles. The second kappa shape index (κ2) is 5.20. The first kappa shape index (κ1) is 13.6. The van der Waals surface area contributed by atoms with Gasteiger partial charge < -0.3 is 0 Å². The Morgan fingerprint density at radius 3 is 2.38 bits per heavy atom. The van der Waals surface area contributed by atoms with Crippen LogP contribution in [0.2, 0.25) is 0 Å². The summed E-state index contributed by atoms with van der Waals surface area (Å²) in [6.07, 6.45) is 1.76. The van der Waals surface area contributed by atoms with Crippen molar-refractivity contribution in [2.75, 3.05) is 4.31 Å². The van der Waals surface area contributed by atoms with Crippen molar-refractivity contribution in [2.45, 2.75) is 4.90 Å². The molecule has 0 aliphatic rings. The van der Waals surface area contributed by atoms with Crippen molar-refractivity contribution in [3.8, 4) is 6.19 Å². The van der Waals surface area contributed by atoms with Crippen LogP contribution in [-0.2, 0) is 10.0 Å². The molecule has 1 aromatic heterocycles. The Labute approximate surface area is 126 Å². The zero-order valence-electron chi connectivity index (χ0n) is 10.8. The maximum atomic E-state index is 12.7. The summed E-state index contributed by atoms with van der Waals surface area (Å²) in [7, 11) is -3.90. The fraction of sp³-hybridized carbons (Fsp3) is 0. The van der Waals surface area contributed by atoms with Gasteiger partial charge in [0.25, 0.3) is 10.0 Å². The monoisotopic (exact) mass is 314 g/mol. The Morgan fingerprint density at radius 1 is 1.00 bits per heavy atom. The highest BCUT2D eigenvalue weighted by Crippen LogP contribution is 2.32. The lowest BCUT2D eigenvalue weighted by molar-refractivity contribution is 0.597. The van der Waals surface area contributed by atoms with Crippen LogP contribution in [-0.4, -0.2) is 8.42 Å². The number of rotatable bonds is 3. The lowest BCUT2D eigenvalue weighted by Gasteiger charge is -2.15. The fourth-order valence-electron chi connectivity index (χ4n) is 2.07. The molecule has 0 N–H and O–H groups in total. The Hall–Kier alpha value is -2.36. The molecular weight excluding hydrogens is 304 g/mol. The van der Waals surface area contributed by atoms with Crippen LogP contribution in [0, 0.1) is 11.5 Å². The van der Waals surface area contributed by atoms with Gasteiger partial charge in [0, 0.05) is 15.5 Å². The molecule has 0 amide bonds. The molecule has 0 spiro atoms. The summed E-state index contributed by atoms with van der Waals surface area (Å²) in [5.74, 6) is 0. The number of para-hydroxylation sites is 1. The molecule has 6 heteroatoms. The summed E-state index contributed by atoms with van der Waals surface area (Å²) in [6, 6.07) is 15.6. The van der Waals surface area contributed by atoms with Crippen molar-refractivity contribution in [3.05, 3.63) is 60.0 Å². The smallest absolute Gasteiger partial charge is 0.200 e. The standard InChI is InChI=1S/C15H10N2O2S2/c16-11-17(12-6-2-1-3-7-12)21(18,19)15-10-20-14-9-5-4-8-13(14)15/h1-10H. The van der Waals surface area contributed by atoms with E-state index in [1.54, 1.807) is 54.0 Å². The van der Waals surface area contributed by atoms with Gasteiger partial charge in [-0.1, -0.05) is 36.4 Å². The minimum Gasteiger partial charge on any atom is -0.200 e. The third-order valence-corrected chi connectivity index (χ3v) is 5.82. The Kier molecular flexibility index (Phi) is 3.37. The maximum absolute atomic E-state index is 12.7. The predicted octanol–water partition coefficient (Wildman–Crippen LogP) is 3.58. The molecule has 4 nitrogen and oxygen atoms in total. The first-order chi connectivity index (χ1) is 10.1. The van der Waals surface area contributed by atoms with E-state index in [-0.39, 0.29) is 4.90 Å². The minimum atomic E-state index is -3.90. The summed E-state index contributed by atoms with van der Waals surface area (Å²) in [6.45, 7) is 0. The van der Waals surface area contributed by atoms with E-state index < -0.39 is 10.0 Å². The molecule has 0 saturated heterocycles. The summed E-state index contributed by atoms with van der Waals surface area (Å²) in [5, 5.41) is 11.5. The van der Waals surface area contributed by atoms with Crippen LogP contribution < -0.4 is 4.31 Å². The lowest BCUT2D eigenvalue weighted by atomic mass is 10.3. The van der Waals surface area contributed by atoms with Crippen molar-refractivity contribution < 1.29 is 8.42 Å². The number of sulfonamides is 1. The van der Waals surface area contributed by atoms with Crippen LogP contribution in [0.4, 0.5) is 5.69 Å². The molecular formula is C15H10N2O2S2. The Balaban J connectivity index is 2.18. The number of fused-ring (bicyclic) bond motifs is 1. The van der Waals surface area contributed by atoms with Crippen molar-refractivity contribution in [2.24, 2.45) is 0 Å². The van der Waals surface area contributed by atoms with Gasteiger partial charge in [0.05, 0.1) is 5.69 Å². The van der Waals surface area contributed by atoms with Gasteiger partial charge in [-0.15, -0.1) is 11.3 Å². The molecule has 2 aromatic carbocycles. The molecule has 3 aromatic rings. The summed E-state index contributed by atoms with van der Waals surface area (Å²) in [4.78, 5) is 0.161. The van der Waals surface area contributed by atoms with Gasteiger partial charge in [-0.2, -0.15) is 18.0 Å². The van der Waals surface area contributed by atoms with E-state index in [0.717, 1.165) is 9.01 Å². The zero-order valence-corrected chi connectivity index (χ0v) is 12.4. The van der Waals surface area contributed by atoms with Crippen molar-refractivity contribution in [1.29, 1.82) is 5.26 Å². The third kappa shape index (κ3) is 2.27. The lowest BCUT2D eigenvalue weighted by Crippen LogP contribution is -2.25. The van der Waals surface area contributed by atoms with Crippen LogP contribution >= 0.6 is 11.3 Å². The quantitative estimate of drug-likeness (QED) is 0.548. The number of nitriles is 1. The van der Waals surface area contributed by atoms with Gasteiger partial charge in [0.1, 0.15) is 4.90 Å². The first-order valence-electron chi connectivity index (χ1n) is 6.11. The van der Waals surface area contributed by atoms with Gasteiger partial charge >= 0.3 is 0 Å². The second-order valence-corrected chi connectivity index (χ2v) is 6.97. The average Bonchev–Trinajstić information content (AvgIpc) is 2.93. The largest absolute Gasteiger partial charge is 0.278 e. The SMILES string of the molecule is N#CN(c1ccccc1)S(=O)(=O)c1csc2ccccc12. The molecule has 0 fully saturated rings. The van der Waals surface area contributed by atoms with E-state index in [2.05, 4.69) is 0 Å². The molecule has 0 radical (unpaired) electrons. The van der Waals surface area contributed by atoms with E-state index in [1.165, 1.54) is 11.3 Å². The average molecular weight is 314 g/mol. The molecule has 0 bridgehead atoms. The number of nitrogens with zero attached hydrogens (tertiary/aromatic N) is 2. The number of anilines is 1. The summed E-state index contributed by atoms with van der Waals surface area (Å²) < 4.78 is 27.1. The van der Waals surface area contributed by atoms with Gasteiger partial charge in [-0.05, 0) is 18.2 Å². The molecule has 0 saturated carbocycles. The molecule has 0 atom stereocenters. The third-order valence-electron chi connectivity index (χ3n) is 3.05. The predicted molar refractivity (Wildman–Crippen MR) is 83.5 cm³/mol. The van der Waals surface area contributed by atoms with Crippen LogP contribution in [0.25, 0.3) is 10.1 Å². The van der Waals surface area contributed by atoms with Gasteiger partial charge in [-0.25, -0.2) is 0 Å². The van der Waals surface area contributed by atoms with Crippen molar-refractivity contribution >= 4 is 37.1 Å². The van der Waals surface area contributed by atoms with Crippen molar-refractivity contribution in [3.63, 3.8) is 0 Å². The van der Waals surface area contributed by atoms with Crippen LogP contribution in [0.3, 0.4) is 0 Å². The molecule has 0 aliphatic carbocycles. The highest BCUT2D eigenvalue weighted by molar-refractivity contribution is 7.93. The molecule has 21 heavy (non-hydrogen) atoms. The second-order valence-electron chi connectivity index (χ2n) is 4.30. The van der Waals surface area contributed by atoms with E-state index in [4.69, 9.17) is 0 Å². The normalized spacial score (nSPS) is 11.2. The van der Waals surface area contributed by atoms with Crippen LogP contribution in [0.1, 0.15) is 0 Å². The summed E-state index contributed by atoms with van der Waals surface area (Å²) in [5.41, 5.74) is 0.329. The zero-order chi connectivity index (χ0) is 14.9. The van der Waals surface area contributed by atoms with Crippen LogP contribution in [0.15, 0.2) is 64.9 Å². The Morgan fingerprint density at radius 2 is 1.67 bits per heavy atom. The molecule has 3 rings (SSSR count). The van der Waals surface area contributed by atoms with Crippen LogP contribution in [0.5, 0.6) is 0 Å². The summed E-state index contributed by atoms with van der Waals surface area (Å²) >= 11 is 1.35. The van der Waals surface area contributed by atoms with Gasteiger partial charge in [0.15, 0.2) is 6.19 Å². The number of benzene rings is 2. The number of hydrogen-bond donors (Lipinski definition) is 0. The maximum Gasteiger partial charge on any atom is 0.278 e. The minimum absolute atomic E-state index is 0.161. The highest BCUT2D eigenvalue weighted by atomic mass is 32.2. The van der Waals surface area contributed by atoms with E-state index in [9.17, 15) is 13.7 Å². The first-order valence-corrected chi connectivity index (χ1v) is 8.43. The molecule has 0 unspecified atom stereocenters. The topological polar surface area (TPSA) is 61.2 Å². The number of thiophene rings is 1. The van der Waals surface area contributed by atoms with Gasteiger partial charge in [0.2, 0.25) is 0 Å². The number of hydrogen-bond acceptors (Lipinski definition) is 4.